The normalized spacial score (nSPS) is 11.8. The van der Waals surface area contributed by atoms with Crippen LogP contribution in [0.1, 0.15) is 5.56 Å². The van der Waals surface area contributed by atoms with Crippen LogP contribution in [0.5, 0.6) is 0 Å². The molecule has 5 heteroatoms. The zero-order chi connectivity index (χ0) is 7.68. The second kappa shape index (κ2) is 5.14. The lowest BCUT2D eigenvalue weighted by molar-refractivity contribution is 1.10. The van der Waals surface area contributed by atoms with Crippen LogP contribution in [0, 0.1) is 0 Å². The van der Waals surface area contributed by atoms with Gasteiger partial charge in [0.15, 0.2) is 0 Å². The van der Waals surface area contributed by atoms with Gasteiger partial charge in [0.05, 0.1) is 0 Å². The smallest absolute Gasteiger partial charge is 0.131 e. The molecule has 1 aromatic rings. The first-order valence-corrected chi connectivity index (χ1v) is 3.81. The number of fused-ring (bicyclic) bond motifs is 1. The molecule has 0 saturated heterocycles. The summed E-state index contributed by atoms with van der Waals surface area (Å²) < 4.78 is 0. The number of nitrogens with zero attached hydrogens (tertiary/aromatic N) is 1. The predicted octanol–water partition coefficient (Wildman–Crippen LogP) is 1.93. The van der Waals surface area contributed by atoms with E-state index in [9.17, 15) is 0 Å². The standard InChI is InChI=1S/C8H11N3.2ClH/c1-9-7-3-5-11-8-6(7)2-4-10-8;;/h3,5H,2,4H2,1H3,(H2,9,10,11);2*1H. The fourth-order valence-corrected chi connectivity index (χ4v) is 1.44. The van der Waals surface area contributed by atoms with E-state index < -0.39 is 0 Å². The van der Waals surface area contributed by atoms with Gasteiger partial charge < -0.3 is 10.6 Å². The van der Waals surface area contributed by atoms with Crippen molar-refractivity contribution in [3.05, 3.63) is 17.8 Å². The molecular formula is C8H13Cl2N3. The Bertz CT molecular complexity index is 278. The SMILES string of the molecule is CNc1ccnc2c1CCN2.Cl.Cl. The average Bonchev–Trinajstić information content (AvgIpc) is 2.50. The highest BCUT2D eigenvalue weighted by Gasteiger charge is 2.13. The topological polar surface area (TPSA) is 37.0 Å². The highest BCUT2D eigenvalue weighted by Crippen LogP contribution is 2.25. The maximum absolute atomic E-state index is 4.22. The minimum atomic E-state index is 0. The van der Waals surface area contributed by atoms with Crippen LogP contribution in [0.4, 0.5) is 11.5 Å². The Kier molecular flexibility index (Phi) is 4.88. The maximum atomic E-state index is 4.22. The number of hydrogen-bond donors (Lipinski definition) is 2. The zero-order valence-electron chi connectivity index (χ0n) is 7.33. The molecule has 0 unspecified atom stereocenters. The van der Waals surface area contributed by atoms with Crippen molar-refractivity contribution in [3.63, 3.8) is 0 Å². The van der Waals surface area contributed by atoms with E-state index in [0.29, 0.717) is 0 Å². The molecule has 2 rings (SSSR count). The van der Waals surface area contributed by atoms with Gasteiger partial charge in [0.2, 0.25) is 0 Å². The van der Waals surface area contributed by atoms with Crippen LogP contribution in [0.2, 0.25) is 0 Å². The molecular weight excluding hydrogens is 209 g/mol. The summed E-state index contributed by atoms with van der Waals surface area (Å²) in [5, 5.41) is 6.37. The molecule has 1 aromatic heterocycles. The molecule has 0 fully saturated rings. The summed E-state index contributed by atoms with van der Waals surface area (Å²) in [6, 6.07) is 2.01. The molecule has 74 valence electrons. The summed E-state index contributed by atoms with van der Waals surface area (Å²) in [6.45, 7) is 1.01. The molecule has 0 aliphatic carbocycles. The van der Waals surface area contributed by atoms with Gasteiger partial charge in [0.25, 0.3) is 0 Å². The summed E-state index contributed by atoms with van der Waals surface area (Å²) in [4.78, 5) is 4.22. The summed E-state index contributed by atoms with van der Waals surface area (Å²) in [6.07, 6.45) is 2.91. The van der Waals surface area contributed by atoms with E-state index in [0.717, 1.165) is 18.8 Å². The first-order chi connectivity index (χ1) is 5.42. The van der Waals surface area contributed by atoms with E-state index in [-0.39, 0.29) is 24.8 Å². The van der Waals surface area contributed by atoms with Crippen molar-refractivity contribution >= 4 is 36.3 Å². The van der Waals surface area contributed by atoms with Gasteiger partial charge in [0.1, 0.15) is 5.82 Å². The number of pyridine rings is 1. The Morgan fingerprint density at radius 2 is 2.23 bits per heavy atom. The predicted molar refractivity (Wildman–Crippen MR) is 60.5 cm³/mol. The van der Waals surface area contributed by atoms with Crippen molar-refractivity contribution in [2.75, 3.05) is 24.2 Å². The van der Waals surface area contributed by atoms with Gasteiger partial charge >= 0.3 is 0 Å². The third-order valence-electron chi connectivity index (χ3n) is 1.99. The molecule has 0 spiro atoms. The summed E-state index contributed by atoms with van der Waals surface area (Å²) in [5.74, 6) is 1.04. The molecule has 13 heavy (non-hydrogen) atoms. The second-order valence-electron chi connectivity index (χ2n) is 2.61. The molecule has 1 aliphatic rings. The summed E-state index contributed by atoms with van der Waals surface area (Å²) in [7, 11) is 1.94. The molecule has 0 bridgehead atoms. The molecule has 3 nitrogen and oxygen atoms in total. The van der Waals surface area contributed by atoms with Crippen molar-refractivity contribution in [1.82, 2.24) is 4.98 Å². The monoisotopic (exact) mass is 221 g/mol. The molecule has 1 aliphatic heterocycles. The van der Waals surface area contributed by atoms with E-state index in [1.54, 1.807) is 0 Å². The maximum Gasteiger partial charge on any atom is 0.131 e. The van der Waals surface area contributed by atoms with Crippen LogP contribution < -0.4 is 10.6 Å². The fraction of sp³-hybridized carbons (Fsp3) is 0.375. The highest BCUT2D eigenvalue weighted by atomic mass is 35.5. The quantitative estimate of drug-likeness (QED) is 0.762. The number of nitrogens with one attached hydrogen (secondary N) is 2. The average molecular weight is 222 g/mol. The van der Waals surface area contributed by atoms with Crippen LogP contribution in [-0.4, -0.2) is 18.6 Å². The van der Waals surface area contributed by atoms with E-state index in [1.807, 2.05) is 19.3 Å². The largest absolute Gasteiger partial charge is 0.388 e. The van der Waals surface area contributed by atoms with Gasteiger partial charge in [-0.15, -0.1) is 24.8 Å². The lowest BCUT2D eigenvalue weighted by Crippen LogP contribution is -1.94. The Labute approximate surface area is 90.1 Å². The molecule has 0 radical (unpaired) electrons. The molecule has 0 aromatic carbocycles. The highest BCUT2D eigenvalue weighted by molar-refractivity contribution is 5.85. The van der Waals surface area contributed by atoms with Gasteiger partial charge in [-0.05, 0) is 12.5 Å². The van der Waals surface area contributed by atoms with Crippen molar-refractivity contribution in [3.8, 4) is 0 Å². The van der Waals surface area contributed by atoms with Crippen molar-refractivity contribution in [2.45, 2.75) is 6.42 Å². The number of anilines is 2. The van der Waals surface area contributed by atoms with Gasteiger partial charge in [-0.25, -0.2) is 4.98 Å². The van der Waals surface area contributed by atoms with Gasteiger partial charge in [-0.2, -0.15) is 0 Å². The Morgan fingerprint density at radius 3 is 2.92 bits per heavy atom. The Hall–Kier alpha value is -0.670. The third kappa shape index (κ3) is 2.17. The van der Waals surface area contributed by atoms with E-state index in [4.69, 9.17) is 0 Å². The van der Waals surface area contributed by atoms with Crippen LogP contribution in [0.3, 0.4) is 0 Å². The molecule has 2 N–H and O–H groups in total. The van der Waals surface area contributed by atoms with Crippen molar-refractivity contribution in [1.29, 1.82) is 0 Å². The zero-order valence-corrected chi connectivity index (χ0v) is 8.97. The molecule has 0 saturated carbocycles. The van der Waals surface area contributed by atoms with Crippen molar-refractivity contribution < 1.29 is 0 Å². The van der Waals surface area contributed by atoms with Gasteiger partial charge in [-0.3, -0.25) is 0 Å². The second-order valence-corrected chi connectivity index (χ2v) is 2.61. The number of halogens is 2. The Morgan fingerprint density at radius 1 is 1.46 bits per heavy atom. The van der Waals surface area contributed by atoms with E-state index in [2.05, 4.69) is 15.6 Å². The van der Waals surface area contributed by atoms with E-state index >= 15 is 0 Å². The van der Waals surface area contributed by atoms with Gasteiger partial charge in [0, 0.05) is 31.0 Å². The number of rotatable bonds is 1. The third-order valence-corrected chi connectivity index (χ3v) is 1.99. The first kappa shape index (κ1) is 12.3. The van der Waals surface area contributed by atoms with Crippen LogP contribution >= 0.6 is 24.8 Å². The van der Waals surface area contributed by atoms with E-state index in [1.165, 1.54) is 11.3 Å². The number of hydrogen-bond acceptors (Lipinski definition) is 3. The van der Waals surface area contributed by atoms with Crippen LogP contribution in [0.15, 0.2) is 12.3 Å². The van der Waals surface area contributed by atoms with Crippen molar-refractivity contribution in [2.24, 2.45) is 0 Å². The Balaban J connectivity index is 0.000000720. The molecule has 0 amide bonds. The lowest BCUT2D eigenvalue weighted by Gasteiger charge is -2.04. The fourth-order valence-electron chi connectivity index (χ4n) is 1.44. The minimum Gasteiger partial charge on any atom is -0.388 e. The van der Waals surface area contributed by atoms with Crippen LogP contribution in [0.25, 0.3) is 0 Å². The lowest BCUT2D eigenvalue weighted by atomic mass is 10.2. The van der Waals surface area contributed by atoms with Gasteiger partial charge in [-0.1, -0.05) is 0 Å². The number of aromatic nitrogens is 1. The minimum absolute atomic E-state index is 0. The van der Waals surface area contributed by atoms with Crippen LogP contribution in [-0.2, 0) is 6.42 Å². The molecule has 2 heterocycles. The molecule has 0 atom stereocenters. The summed E-state index contributed by atoms with van der Waals surface area (Å²) >= 11 is 0. The summed E-state index contributed by atoms with van der Waals surface area (Å²) in [5.41, 5.74) is 2.51. The first-order valence-electron chi connectivity index (χ1n) is 3.81.